The van der Waals surface area contributed by atoms with Crippen LogP contribution in [0.5, 0.6) is 0 Å². The highest BCUT2D eigenvalue weighted by Crippen LogP contribution is 2.12. The first kappa shape index (κ1) is 23.5. The number of Topliss-reactive ketones (excluding diaryl/α,β-unsaturated/α-hetero) is 1. The fourth-order valence-corrected chi connectivity index (χ4v) is 2.48. The first-order valence-electron chi connectivity index (χ1n) is 9.93. The molecule has 0 fully saturated rings. The van der Waals surface area contributed by atoms with E-state index in [0.29, 0.717) is 32.3 Å². The minimum atomic E-state index is 0.219. The summed E-state index contributed by atoms with van der Waals surface area (Å²) in [5.41, 5.74) is 0. The molecular weight excluding hydrogens is 302 g/mol. The number of hydrogen-bond donors (Lipinski definition) is 1. The molecule has 0 heterocycles. The van der Waals surface area contributed by atoms with E-state index in [-0.39, 0.29) is 12.4 Å². The standard InChI is InChI=1S/C20H41NO3/c1-18(2)11-9-7-5-6-8-10-12-20(22)17-24-16-15-23-14-13-21-19(3)4/h18-19,21H,5-17H2,1-4H3. The average molecular weight is 344 g/mol. The Labute approximate surface area is 150 Å². The highest BCUT2D eigenvalue weighted by molar-refractivity contribution is 5.79. The minimum absolute atomic E-state index is 0.219. The van der Waals surface area contributed by atoms with Gasteiger partial charge in [0.1, 0.15) is 6.61 Å². The fraction of sp³-hybridized carbons (Fsp3) is 0.950. The van der Waals surface area contributed by atoms with Crippen LogP contribution in [0.4, 0.5) is 0 Å². The maximum Gasteiger partial charge on any atom is 0.158 e. The zero-order chi connectivity index (χ0) is 18.0. The van der Waals surface area contributed by atoms with E-state index in [1.807, 2.05) is 0 Å². The Bertz CT molecular complexity index is 254. The lowest BCUT2D eigenvalue weighted by Crippen LogP contribution is -2.27. The normalized spacial score (nSPS) is 11.6. The second-order valence-electron chi connectivity index (χ2n) is 7.37. The molecule has 0 saturated carbocycles. The molecule has 0 radical (unpaired) electrons. The first-order valence-corrected chi connectivity index (χ1v) is 9.93. The van der Waals surface area contributed by atoms with Gasteiger partial charge in [-0.25, -0.2) is 0 Å². The van der Waals surface area contributed by atoms with Crippen molar-refractivity contribution >= 4 is 5.78 Å². The Balaban J connectivity index is 3.19. The Hall–Kier alpha value is -0.450. The van der Waals surface area contributed by atoms with Gasteiger partial charge in [0.15, 0.2) is 5.78 Å². The summed E-state index contributed by atoms with van der Waals surface area (Å²) in [7, 11) is 0. The van der Waals surface area contributed by atoms with Crippen LogP contribution in [0.3, 0.4) is 0 Å². The minimum Gasteiger partial charge on any atom is -0.378 e. The van der Waals surface area contributed by atoms with Crippen LogP contribution in [-0.4, -0.2) is 44.8 Å². The molecule has 144 valence electrons. The van der Waals surface area contributed by atoms with Gasteiger partial charge in [-0.05, 0) is 12.3 Å². The molecule has 0 amide bonds. The topological polar surface area (TPSA) is 47.6 Å². The second-order valence-corrected chi connectivity index (χ2v) is 7.37. The smallest absolute Gasteiger partial charge is 0.158 e. The zero-order valence-electron chi connectivity index (χ0n) is 16.6. The van der Waals surface area contributed by atoms with Crippen LogP contribution in [0.2, 0.25) is 0 Å². The molecule has 0 atom stereocenters. The van der Waals surface area contributed by atoms with Crippen molar-refractivity contribution in [2.45, 2.75) is 85.1 Å². The summed E-state index contributed by atoms with van der Waals surface area (Å²) in [6.07, 6.45) is 9.41. The lowest BCUT2D eigenvalue weighted by molar-refractivity contribution is -0.124. The number of ether oxygens (including phenoxy) is 2. The molecule has 0 aromatic rings. The predicted octanol–water partition coefficient (Wildman–Crippen LogP) is 4.36. The van der Waals surface area contributed by atoms with E-state index in [2.05, 4.69) is 33.0 Å². The molecule has 4 heteroatoms. The van der Waals surface area contributed by atoms with E-state index in [0.717, 1.165) is 18.9 Å². The van der Waals surface area contributed by atoms with Crippen LogP contribution in [-0.2, 0) is 14.3 Å². The predicted molar refractivity (Wildman–Crippen MR) is 102 cm³/mol. The van der Waals surface area contributed by atoms with Gasteiger partial charge in [0, 0.05) is 19.0 Å². The van der Waals surface area contributed by atoms with Crippen LogP contribution in [0.25, 0.3) is 0 Å². The van der Waals surface area contributed by atoms with E-state index >= 15 is 0 Å². The fourth-order valence-electron chi connectivity index (χ4n) is 2.48. The largest absolute Gasteiger partial charge is 0.378 e. The number of unbranched alkanes of at least 4 members (excludes halogenated alkanes) is 5. The maximum atomic E-state index is 11.7. The van der Waals surface area contributed by atoms with Crippen molar-refractivity contribution in [1.29, 1.82) is 0 Å². The Morgan fingerprint density at radius 2 is 1.46 bits per heavy atom. The van der Waals surface area contributed by atoms with Crippen molar-refractivity contribution in [1.82, 2.24) is 5.32 Å². The SMILES string of the molecule is CC(C)CCCCCCCCC(=O)COCCOCCNC(C)C. The lowest BCUT2D eigenvalue weighted by Gasteiger charge is -2.08. The van der Waals surface area contributed by atoms with E-state index < -0.39 is 0 Å². The Kier molecular flexibility index (Phi) is 17.0. The highest BCUT2D eigenvalue weighted by atomic mass is 16.5. The van der Waals surface area contributed by atoms with E-state index in [1.54, 1.807) is 0 Å². The molecule has 24 heavy (non-hydrogen) atoms. The Morgan fingerprint density at radius 1 is 0.833 bits per heavy atom. The Morgan fingerprint density at radius 3 is 2.12 bits per heavy atom. The van der Waals surface area contributed by atoms with Crippen molar-refractivity contribution in [2.75, 3.05) is 33.0 Å². The van der Waals surface area contributed by atoms with E-state index in [4.69, 9.17) is 9.47 Å². The van der Waals surface area contributed by atoms with Crippen molar-refractivity contribution < 1.29 is 14.3 Å². The summed E-state index contributed by atoms with van der Waals surface area (Å²) < 4.78 is 10.8. The lowest BCUT2D eigenvalue weighted by atomic mass is 10.0. The van der Waals surface area contributed by atoms with Crippen LogP contribution in [0.15, 0.2) is 0 Å². The zero-order valence-corrected chi connectivity index (χ0v) is 16.6. The molecule has 0 unspecified atom stereocenters. The van der Waals surface area contributed by atoms with Crippen LogP contribution in [0.1, 0.15) is 79.1 Å². The molecule has 0 aliphatic rings. The summed E-state index contributed by atoms with van der Waals surface area (Å²) in [6, 6.07) is 0.488. The third-order valence-corrected chi connectivity index (χ3v) is 3.92. The van der Waals surface area contributed by atoms with Gasteiger partial charge >= 0.3 is 0 Å². The number of carbonyl (C=O) groups is 1. The molecule has 0 aromatic heterocycles. The molecule has 0 aromatic carbocycles. The summed E-state index contributed by atoms with van der Waals surface area (Å²) in [4.78, 5) is 11.7. The average Bonchev–Trinajstić information content (AvgIpc) is 2.51. The summed E-state index contributed by atoms with van der Waals surface area (Å²) >= 11 is 0. The van der Waals surface area contributed by atoms with Gasteiger partial charge in [0.25, 0.3) is 0 Å². The molecule has 1 N–H and O–H groups in total. The van der Waals surface area contributed by atoms with Gasteiger partial charge in [0.05, 0.1) is 19.8 Å². The number of rotatable bonds is 18. The number of carbonyl (C=O) groups excluding carboxylic acids is 1. The van der Waals surface area contributed by atoms with Crippen LogP contribution in [0, 0.1) is 5.92 Å². The summed E-state index contributed by atoms with van der Waals surface area (Å²) in [5.74, 6) is 1.04. The van der Waals surface area contributed by atoms with E-state index in [9.17, 15) is 4.79 Å². The molecule has 0 aliphatic heterocycles. The summed E-state index contributed by atoms with van der Waals surface area (Å²) in [6.45, 7) is 11.6. The maximum absolute atomic E-state index is 11.7. The van der Waals surface area contributed by atoms with Crippen LogP contribution < -0.4 is 5.32 Å². The van der Waals surface area contributed by atoms with Gasteiger partial charge in [-0.3, -0.25) is 4.79 Å². The van der Waals surface area contributed by atoms with Gasteiger partial charge in [-0.2, -0.15) is 0 Å². The van der Waals surface area contributed by atoms with Crippen molar-refractivity contribution in [3.8, 4) is 0 Å². The van der Waals surface area contributed by atoms with Crippen LogP contribution >= 0.6 is 0 Å². The first-order chi connectivity index (χ1) is 11.5. The molecule has 0 bridgehead atoms. The van der Waals surface area contributed by atoms with Gasteiger partial charge in [-0.1, -0.05) is 66.2 Å². The highest BCUT2D eigenvalue weighted by Gasteiger charge is 2.02. The molecule has 4 nitrogen and oxygen atoms in total. The van der Waals surface area contributed by atoms with E-state index in [1.165, 1.54) is 38.5 Å². The third kappa shape index (κ3) is 19.6. The molecule has 0 aliphatic carbocycles. The quantitative estimate of drug-likeness (QED) is 0.376. The van der Waals surface area contributed by atoms with Crippen molar-refractivity contribution in [3.63, 3.8) is 0 Å². The molecular formula is C20H41NO3. The number of hydrogen-bond acceptors (Lipinski definition) is 4. The van der Waals surface area contributed by atoms with Gasteiger partial charge < -0.3 is 14.8 Å². The van der Waals surface area contributed by atoms with Crippen molar-refractivity contribution in [3.05, 3.63) is 0 Å². The van der Waals surface area contributed by atoms with Gasteiger partial charge in [-0.15, -0.1) is 0 Å². The second kappa shape index (κ2) is 17.4. The van der Waals surface area contributed by atoms with Crippen molar-refractivity contribution in [2.24, 2.45) is 5.92 Å². The molecule has 0 spiro atoms. The monoisotopic (exact) mass is 343 g/mol. The molecule has 0 saturated heterocycles. The number of ketones is 1. The molecule has 0 rings (SSSR count). The third-order valence-electron chi connectivity index (χ3n) is 3.92. The number of nitrogens with one attached hydrogen (secondary N) is 1. The summed E-state index contributed by atoms with van der Waals surface area (Å²) in [5, 5.41) is 3.28. The van der Waals surface area contributed by atoms with Gasteiger partial charge in [0.2, 0.25) is 0 Å².